The summed E-state index contributed by atoms with van der Waals surface area (Å²) in [6, 6.07) is 12.7. The highest BCUT2D eigenvalue weighted by molar-refractivity contribution is 5.99. The Bertz CT molecular complexity index is 1110. The zero-order chi connectivity index (χ0) is 22.1. The fourth-order valence-electron chi connectivity index (χ4n) is 2.84. The molecule has 0 bridgehead atoms. The minimum absolute atomic E-state index is 0.0674. The van der Waals surface area contributed by atoms with Crippen LogP contribution in [0, 0.1) is 18.2 Å². The van der Waals surface area contributed by atoms with Crippen LogP contribution >= 0.6 is 0 Å². The summed E-state index contributed by atoms with van der Waals surface area (Å²) >= 11 is 0. The van der Waals surface area contributed by atoms with Gasteiger partial charge in [-0.15, -0.1) is 0 Å². The molecule has 156 valence electrons. The van der Waals surface area contributed by atoms with Crippen molar-refractivity contribution in [2.24, 2.45) is 5.73 Å². The first-order chi connectivity index (χ1) is 14.0. The number of aryl methyl sites for hydroxylation is 1. The van der Waals surface area contributed by atoms with Crippen LogP contribution in [0.4, 0.5) is 20.7 Å². The van der Waals surface area contributed by atoms with Crippen LogP contribution in [-0.2, 0) is 5.41 Å². The molecule has 1 aromatic heterocycles. The number of anilines is 2. The summed E-state index contributed by atoms with van der Waals surface area (Å²) in [4.78, 5) is 12.6. The van der Waals surface area contributed by atoms with Crippen molar-refractivity contribution < 1.29 is 9.18 Å². The van der Waals surface area contributed by atoms with Gasteiger partial charge in [0.25, 0.3) is 0 Å². The number of benzene rings is 2. The summed E-state index contributed by atoms with van der Waals surface area (Å²) in [6.45, 7) is 7.85. The molecule has 1 heterocycles. The van der Waals surface area contributed by atoms with Crippen LogP contribution in [0.3, 0.4) is 0 Å². The van der Waals surface area contributed by atoms with E-state index in [9.17, 15) is 9.18 Å². The molecule has 0 aliphatic heterocycles. The molecule has 0 spiro atoms. The molecule has 0 aliphatic rings. The minimum atomic E-state index is -0.594. The fourth-order valence-corrected chi connectivity index (χ4v) is 2.84. The van der Waals surface area contributed by atoms with E-state index in [1.807, 2.05) is 27.7 Å². The molecule has 0 atom stereocenters. The van der Waals surface area contributed by atoms with Crippen LogP contribution in [0.1, 0.15) is 37.6 Å². The van der Waals surface area contributed by atoms with Crippen LogP contribution in [0.15, 0.2) is 48.5 Å². The molecule has 5 N–H and O–H groups in total. The smallest absolute Gasteiger partial charge is 0.324 e. The fraction of sp³-hybridized carbons (Fsp3) is 0.227. The summed E-state index contributed by atoms with van der Waals surface area (Å²) in [7, 11) is 0. The van der Waals surface area contributed by atoms with Crippen molar-refractivity contribution in [2.45, 2.75) is 33.1 Å². The molecule has 0 radical (unpaired) electrons. The van der Waals surface area contributed by atoms with E-state index >= 15 is 0 Å². The largest absolute Gasteiger partial charge is 0.384 e. The Labute approximate surface area is 174 Å². The Morgan fingerprint density at radius 3 is 2.53 bits per heavy atom. The first kappa shape index (κ1) is 21.0. The first-order valence-electron chi connectivity index (χ1n) is 9.44. The van der Waals surface area contributed by atoms with E-state index in [0.717, 1.165) is 11.3 Å². The van der Waals surface area contributed by atoms with Gasteiger partial charge < -0.3 is 11.1 Å². The third-order valence-electron chi connectivity index (χ3n) is 4.49. The van der Waals surface area contributed by atoms with Gasteiger partial charge in [0.05, 0.1) is 17.1 Å². The van der Waals surface area contributed by atoms with Crippen molar-refractivity contribution >= 4 is 23.4 Å². The van der Waals surface area contributed by atoms with Crippen LogP contribution < -0.4 is 16.4 Å². The van der Waals surface area contributed by atoms with E-state index in [0.29, 0.717) is 17.1 Å². The molecule has 7 nitrogen and oxygen atoms in total. The van der Waals surface area contributed by atoms with E-state index in [2.05, 4.69) is 15.7 Å². The Morgan fingerprint density at radius 2 is 1.87 bits per heavy atom. The van der Waals surface area contributed by atoms with Gasteiger partial charge in [0, 0.05) is 17.0 Å². The lowest BCUT2D eigenvalue weighted by Gasteiger charge is -2.14. The molecular formula is C22H25FN6O. The van der Waals surface area contributed by atoms with Gasteiger partial charge in [0.15, 0.2) is 0 Å². The Kier molecular flexibility index (Phi) is 5.60. The number of nitrogens with zero attached hydrogens (tertiary/aromatic N) is 2. The normalized spacial score (nSPS) is 11.2. The van der Waals surface area contributed by atoms with Gasteiger partial charge in [-0.25, -0.2) is 13.9 Å². The summed E-state index contributed by atoms with van der Waals surface area (Å²) in [5.74, 6) is -0.179. The van der Waals surface area contributed by atoms with Crippen LogP contribution in [0.25, 0.3) is 5.69 Å². The van der Waals surface area contributed by atoms with E-state index in [-0.39, 0.29) is 16.9 Å². The zero-order valence-corrected chi connectivity index (χ0v) is 17.4. The second-order valence-corrected chi connectivity index (χ2v) is 8.10. The quantitative estimate of drug-likeness (QED) is 0.376. The van der Waals surface area contributed by atoms with Gasteiger partial charge in [0.2, 0.25) is 0 Å². The Morgan fingerprint density at radius 1 is 1.13 bits per heavy atom. The second-order valence-electron chi connectivity index (χ2n) is 8.10. The molecule has 0 aliphatic carbocycles. The average molecular weight is 408 g/mol. The minimum Gasteiger partial charge on any atom is -0.384 e. The first-order valence-corrected chi connectivity index (χ1v) is 9.44. The van der Waals surface area contributed by atoms with Crippen LogP contribution in [0.5, 0.6) is 0 Å². The van der Waals surface area contributed by atoms with E-state index < -0.39 is 11.8 Å². The number of amidine groups is 1. The second kappa shape index (κ2) is 7.98. The van der Waals surface area contributed by atoms with Gasteiger partial charge in [-0.3, -0.25) is 10.7 Å². The number of nitrogens with two attached hydrogens (primary N) is 1. The Hall–Kier alpha value is -3.68. The number of carbonyl (C=O) groups excluding carboxylic acids is 1. The molecule has 8 heteroatoms. The van der Waals surface area contributed by atoms with Gasteiger partial charge in [-0.05, 0) is 36.8 Å². The molecular weight excluding hydrogens is 383 g/mol. The SMILES string of the molecule is Cc1ccc(F)c(NC(=O)Nc2cc(C(C)(C)C)nn2-c2cccc(C(=N)N)c2)c1. The molecule has 2 amide bonds. The van der Waals surface area contributed by atoms with Gasteiger partial charge >= 0.3 is 6.03 Å². The standard InChI is InChI=1S/C22H25FN6O/c1-13-8-9-16(23)17(10-13)26-21(30)27-19-12-18(22(2,3)4)28-29(19)15-7-5-6-14(11-15)20(24)25/h5-12H,1-4H3,(H3,24,25)(H2,26,27,30). The lowest BCUT2D eigenvalue weighted by molar-refractivity contribution is 0.262. The van der Waals surface area contributed by atoms with E-state index in [1.165, 1.54) is 6.07 Å². The third kappa shape index (κ3) is 4.65. The molecule has 0 saturated heterocycles. The van der Waals surface area contributed by atoms with Crippen molar-refractivity contribution in [3.05, 3.63) is 71.2 Å². The summed E-state index contributed by atoms with van der Waals surface area (Å²) in [5, 5.41) is 17.6. The van der Waals surface area contributed by atoms with Crippen molar-refractivity contribution in [1.29, 1.82) is 5.41 Å². The molecule has 30 heavy (non-hydrogen) atoms. The van der Waals surface area contributed by atoms with Crippen molar-refractivity contribution in [3.63, 3.8) is 0 Å². The molecule has 0 fully saturated rings. The third-order valence-corrected chi connectivity index (χ3v) is 4.49. The molecule has 3 rings (SSSR count). The number of hydrogen-bond donors (Lipinski definition) is 4. The summed E-state index contributed by atoms with van der Waals surface area (Å²) < 4.78 is 15.6. The molecule has 0 unspecified atom stereocenters. The number of aromatic nitrogens is 2. The lowest BCUT2D eigenvalue weighted by atomic mass is 9.92. The summed E-state index contributed by atoms with van der Waals surface area (Å²) in [6.07, 6.45) is 0. The van der Waals surface area contributed by atoms with E-state index in [4.69, 9.17) is 11.1 Å². The molecule has 0 saturated carbocycles. The number of amides is 2. The van der Waals surface area contributed by atoms with Gasteiger partial charge in [-0.2, -0.15) is 5.10 Å². The Balaban J connectivity index is 1.96. The number of halogens is 1. The van der Waals surface area contributed by atoms with E-state index in [1.54, 1.807) is 47.1 Å². The highest BCUT2D eigenvalue weighted by Gasteiger charge is 2.22. The number of nitrogen functional groups attached to an aromatic ring is 1. The van der Waals surface area contributed by atoms with Crippen molar-refractivity contribution in [1.82, 2.24) is 9.78 Å². The molecule has 2 aromatic carbocycles. The number of rotatable bonds is 4. The topological polar surface area (TPSA) is 109 Å². The molecule has 3 aromatic rings. The van der Waals surface area contributed by atoms with Gasteiger partial charge in [-0.1, -0.05) is 39.0 Å². The van der Waals surface area contributed by atoms with Gasteiger partial charge in [0.1, 0.15) is 17.5 Å². The summed E-state index contributed by atoms with van der Waals surface area (Å²) in [5.41, 5.74) is 8.19. The number of nitrogens with one attached hydrogen (secondary N) is 3. The predicted octanol–water partition coefficient (Wildman–Crippen LogP) is 4.55. The number of hydrogen-bond acceptors (Lipinski definition) is 3. The average Bonchev–Trinajstić information content (AvgIpc) is 3.09. The highest BCUT2D eigenvalue weighted by atomic mass is 19.1. The van der Waals surface area contributed by atoms with Crippen molar-refractivity contribution in [2.75, 3.05) is 10.6 Å². The number of carbonyl (C=O) groups is 1. The monoisotopic (exact) mass is 408 g/mol. The number of urea groups is 1. The maximum absolute atomic E-state index is 14.0. The zero-order valence-electron chi connectivity index (χ0n) is 17.4. The van der Waals surface area contributed by atoms with Crippen LogP contribution in [-0.4, -0.2) is 21.6 Å². The predicted molar refractivity (Wildman–Crippen MR) is 117 cm³/mol. The lowest BCUT2D eigenvalue weighted by Crippen LogP contribution is -2.22. The maximum atomic E-state index is 14.0. The van der Waals surface area contributed by atoms with Crippen molar-refractivity contribution in [3.8, 4) is 5.69 Å². The maximum Gasteiger partial charge on any atom is 0.324 e. The van der Waals surface area contributed by atoms with Crippen LogP contribution in [0.2, 0.25) is 0 Å². The highest BCUT2D eigenvalue weighted by Crippen LogP contribution is 2.27.